The van der Waals surface area contributed by atoms with E-state index in [2.05, 4.69) is 5.73 Å². The summed E-state index contributed by atoms with van der Waals surface area (Å²) in [5.74, 6) is -2.50. The van der Waals surface area contributed by atoms with Crippen LogP contribution in [-0.4, -0.2) is 77.5 Å². The Labute approximate surface area is 274 Å². The van der Waals surface area contributed by atoms with Crippen LogP contribution in [0.3, 0.4) is 0 Å². The summed E-state index contributed by atoms with van der Waals surface area (Å²) in [6, 6.07) is 14.9. The Kier molecular flexibility index (Phi) is 15.2. The van der Waals surface area contributed by atoms with Crippen LogP contribution in [0.5, 0.6) is 5.75 Å². The van der Waals surface area contributed by atoms with Crippen molar-refractivity contribution in [1.29, 1.82) is 0 Å². The first kappa shape index (κ1) is 38.3. The second kappa shape index (κ2) is 18.3. The van der Waals surface area contributed by atoms with E-state index in [1.807, 2.05) is 44.2 Å². The minimum absolute atomic E-state index is 0.0645. The lowest BCUT2D eigenvalue weighted by atomic mass is 9.92. The number of ketones is 1. The van der Waals surface area contributed by atoms with Crippen molar-refractivity contribution < 1.29 is 39.5 Å². The molecule has 10 nitrogen and oxygen atoms in total. The van der Waals surface area contributed by atoms with Gasteiger partial charge < -0.3 is 30.0 Å². The first-order chi connectivity index (χ1) is 21.7. The normalized spacial score (nSPS) is 14.0. The van der Waals surface area contributed by atoms with Gasteiger partial charge in [-0.1, -0.05) is 61.9 Å². The quantitative estimate of drug-likeness (QED) is 0.263. The minimum Gasteiger partial charge on any atom is -0.550 e. The number of carboxylic acid groups (broad SMARTS) is 1. The predicted molar refractivity (Wildman–Crippen MR) is 175 cm³/mol. The van der Waals surface area contributed by atoms with Gasteiger partial charge in [0.1, 0.15) is 23.5 Å². The number of carbonyl (C=O) groups excluding carboxylic acids is 4. The van der Waals surface area contributed by atoms with Gasteiger partial charge in [0.15, 0.2) is 5.78 Å². The Bertz CT molecular complexity index is 1280. The zero-order valence-electron chi connectivity index (χ0n) is 28.6. The van der Waals surface area contributed by atoms with Crippen LogP contribution >= 0.6 is 0 Å². The number of para-hydroxylation sites is 1. The highest BCUT2D eigenvalue weighted by molar-refractivity contribution is 5.93. The number of likely N-dealkylation sites (N-methyl/N-ethyl adjacent to an activating group) is 1. The lowest BCUT2D eigenvalue weighted by molar-refractivity contribution is -0.368. The number of aliphatic carboxylic acids is 1. The number of amides is 2. The van der Waals surface area contributed by atoms with Gasteiger partial charge in [0, 0.05) is 31.8 Å². The van der Waals surface area contributed by atoms with Crippen LogP contribution in [-0.2, 0) is 32.0 Å². The first-order valence-corrected chi connectivity index (χ1v) is 16.3. The van der Waals surface area contributed by atoms with E-state index in [1.54, 1.807) is 52.0 Å². The molecule has 0 aromatic heterocycles. The molecule has 0 aliphatic rings. The summed E-state index contributed by atoms with van der Waals surface area (Å²) in [6.45, 7) is 11.5. The van der Waals surface area contributed by atoms with Crippen LogP contribution in [0.15, 0.2) is 54.6 Å². The topological polar surface area (TPSA) is 144 Å². The van der Waals surface area contributed by atoms with Crippen LogP contribution in [0.2, 0.25) is 0 Å². The Morgan fingerprint density at radius 3 is 2.20 bits per heavy atom. The van der Waals surface area contributed by atoms with Gasteiger partial charge in [-0.2, -0.15) is 0 Å². The molecule has 46 heavy (non-hydrogen) atoms. The maximum absolute atomic E-state index is 14.1. The van der Waals surface area contributed by atoms with Crippen LogP contribution < -0.4 is 15.6 Å². The van der Waals surface area contributed by atoms with Gasteiger partial charge in [-0.3, -0.25) is 14.5 Å². The van der Waals surface area contributed by atoms with E-state index in [0.717, 1.165) is 30.5 Å². The predicted octanol–water partition coefficient (Wildman–Crippen LogP) is 3.45. The molecule has 0 saturated carbocycles. The van der Waals surface area contributed by atoms with Gasteiger partial charge in [-0.25, -0.2) is 4.79 Å². The number of quaternary nitrogens is 1. The van der Waals surface area contributed by atoms with Crippen LogP contribution in [0.4, 0.5) is 4.79 Å². The Hall–Kier alpha value is -3.92. The average molecular weight is 640 g/mol. The zero-order chi connectivity index (χ0) is 34.4. The molecule has 0 aliphatic carbocycles. The molecule has 2 rings (SSSR count). The Balaban J connectivity index is 2.29. The highest BCUT2D eigenvalue weighted by Crippen LogP contribution is 2.24. The number of nitrogens with zero attached hydrogens (tertiary/aromatic N) is 2. The SMILES string of the molecule is CCC[C@@H](C(=O)N(C)[C@H](C)C(=O)C[C@H](Cc1ccccc1)C(=O)[O-])N(C[C@@H](C)Oc1ccccc1CCC[NH3+])C(=O)OC(C)(C)C. The molecule has 2 aromatic rings. The highest BCUT2D eigenvalue weighted by Gasteiger charge is 2.37. The molecule has 0 heterocycles. The number of hydrogen-bond acceptors (Lipinski definition) is 7. The third-order valence-electron chi connectivity index (χ3n) is 7.80. The molecule has 0 spiro atoms. The van der Waals surface area contributed by atoms with Gasteiger partial charge in [0.25, 0.3) is 0 Å². The summed E-state index contributed by atoms with van der Waals surface area (Å²) in [5.41, 5.74) is 4.93. The monoisotopic (exact) mass is 639 g/mol. The summed E-state index contributed by atoms with van der Waals surface area (Å²) in [6.07, 6.45) is 1.32. The van der Waals surface area contributed by atoms with Crippen molar-refractivity contribution in [2.75, 3.05) is 20.1 Å². The third-order valence-corrected chi connectivity index (χ3v) is 7.80. The molecule has 0 bridgehead atoms. The molecule has 0 fully saturated rings. The second-order valence-corrected chi connectivity index (χ2v) is 12.9. The van der Waals surface area contributed by atoms with Crippen LogP contribution in [0, 0.1) is 5.92 Å². The smallest absolute Gasteiger partial charge is 0.411 e. The van der Waals surface area contributed by atoms with Gasteiger partial charge in [0.05, 0.1) is 19.1 Å². The molecule has 2 aromatic carbocycles. The summed E-state index contributed by atoms with van der Waals surface area (Å²) >= 11 is 0. The number of rotatable bonds is 18. The molecule has 4 atom stereocenters. The second-order valence-electron chi connectivity index (χ2n) is 12.9. The Morgan fingerprint density at radius 1 is 0.978 bits per heavy atom. The van der Waals surface area contributed by atoms with Crippen LogP contribution in [0.1, 0.15) is 78.4 Å². The molecule has 10 heteroatoms. The van der Waals surface area contributed by atoms with E-state index in [1.165, 1.54) is 16.8 Å². The fourth-order valence-corrected chi connectivity index (χ4v) is 5.20. The standard InChI is InChI=1S/C36H53N3O7/c1-8-15-30(33(41)38(7)26(3)31(40)23-29(34(42)43)22-27-16-10-9-11-17-27)39(35(44)46-36(4,5)6)24-25(2)45-32-20-13-12-18-28(32)19-14-21-37/h9-13,16-18,20,25-26,29-30H,8,14-15,19,21-24,37H2,1-7H3,(H,42,43)/t25-,26-,29+,30+/m1/s1. The lowest BCUT2D eigenvalue weighted by Gasteiger charge is -2.37. The molecular weight excluding hydrogens is 586 g/mol. The number of carboxylic acids is 1. The van der Waals surface area contributed by atoms with E-state index in [4.69, 9.17) is 9.47 Å². The molecule has 3 N–H and O–H groups in total. The van der Waals surface area contributed by atoms with Gasteiger partial charge in [0.2, 0.25) is 5.91 Å². The van der Waals surface area contributed by atoms with Crippen molar-refractivity contribution >= 4 is 23.8 Å². The van der Waals surface area contributed by atoms with Crippen molar-refractivity contribution in [2.45, 2.75) is 104 Å². The largest absolute Gasteiger partial charge is 0.550 e. The summed E-state index contributed by atoms with van der Waals surface area (Å²) in [5, 5.41) is 11.9. The van der Waals surface area contributed by atoms with Crippen molar-refractivity contribution in [2.24, 2.45) is 5.92 Å². The molecule has 0 saturated heterocycles. The first-order valence-electron chi connectivity index (χ1n) is 16.3. The molecule has 0 aliphatic heterocycles. The van der Waals surface area contributed by atoms with E-state index in [0.29, 0.717) is 18.6 Å². The highest BCUT2D eigenvalue weighted by atomic mass is 16.6. The van der Waals surface area contributed by atoms with Crippen LogP contribution in [0.25, 0.3) is 0 Å². The maximum atomic E-state index is 14.1. The fraction of sp³-hybridized carbons (Fsp3) is 0.556. The molecule has 0 radical (unpaired) electrons. The van der Waals surface area contributed by atoms with Crippen molar-refractivity contribution in [1.82, 2.24) is 9.80 Å². The fourth-order valence-electron chi connectivity index (χ4n) is 5.20. The zero-order valence-corrected chi connectivity index (χ0v) is 28.6. The van der Waals surface area contributed by atoms with Crippen molar-refractivity contribution in [3.05, 3.63) is 65.7 Å². The third kappa shape index (κ3) is 12.1. The van der Waals surface area contributed by atoms with E-state index in [-0.39, 0.29) is 19.4 Å². The minimum atomic E-state index is -1.32. The lowest BCUT2D eigenvalue weighted by Crippen LogP contribution is -2.56. The number of carbonyl (C=O) groups is 4. The number of ether oxygens (including phenoxy) is 2. The average Bonchev–Trinajstić information content (AvgIpc) is 3.00. The number of aryl methyl sites for hydroxylation is 1. The van der Waals surface area contributed by atoms with Gasteiger partial charge in [-0.15, -0.1) is 0 Å². The van der Waals surface area contributed by atoms with E-state index < -0.39 is 53.5 Å². The molecule has 254 valence electrons. The summed E-state index contributed by atoms with van der Waals surface area (Å²) in [4.78, 5) is 55.7. The number of hydrogen-bond donors (Lipinski definition) is 1. The number of benzene rings is 2. The van der Waals surface area contributed by atoms with Gasteiger partial charge in [-0.05, 0) is 71.1 Å². The van der Waals surface area contributed by atoms with E-state index >= 15 is 0 Å². The van der Waals surface area contributed by atoms with Gasteiger partial charge >= 0.3 is 6.09 Å². The molecule has 2 amide bonds. The van der Waals surface area contributed by atoms with Crippen molar-refractivity contribution in [3.63, 3.8) is 0 Å². The van der Waals surface area contributed by atoms with Crippen molar-refractivity contribution in [3.8, 4) is 5.75 Å². The van der Waals surface area contributed by atoms with E-state index in [9.17, 15) is 24.3 Å². The molecular formula is C36H53N3O7. The Morgan fingerprint density at radius 2 is 1.61 bits per heavy atom. The summed E-state index contributed by atoms with van der Waals surface area (Å²) in [7, 11) is 1.50. The molecule has 0 unspecified atom stereocenters. The maximum Gasteiger partial charge on any atom is 0.411 e. The number of Topliss-reactive ketones (excluding diaryl/α,β-unsaturated/α-hetero) is 1. The summed E-state index contributed by atoms with van der Waals surface area (Å²) < 4.78 is 12.1.